The zero-order valence-corrected chi connectivity index (χ0v) is 15.0. The van der Waals surface area contributed by atoms with E-state index in [1.165, 1.54) is 12.1 Å². The summed E-state index contributed by atoms with van der Waals surface area (Å²) >= 11 is 0. The number of aliphatic imine (C=N–C) groups is 1. The first-order valence-electron chi connectivity index (χ1n) is 7.93. The fourth-order valence-electron chi connectivity index (χ4n) is 2.16. The van der Waals surface area contributed by atoms with E-state index in [2.05, 4.69) is 4.99 Å². The first-order valence-corrected chi connectivity index (χ1v) is 9.47. The summed E-state index contributed by atoms with van der Waals surface area (Å²) in [5, 5.41) is 15.1. The summed E-state index contributed by atoms with van der Waals surface area (Å²) in [6.07, 6.45) is 2.48. The van der Waals surface area contributed by atoms with Crippen LogP contribution in [0.5, 0.6) is 11.5 Å². The summed E-state index contributed by atoms with van der Waals surface area (Å²) in [5.41, 5.74) is 1.42. The van der Waals surface area contributed by atoms with E-state index < -0.39 is 10.0 Å². The van der Waals surface area contributed by atoms with Crippen molar-refractivity contribution in [3.8, 4) is 11.5 Å². The number of nitrogens with two attached hydrogens (primary N) is 1. The van der Waals surface area contributed by atoms with Gasteiger partial charge in [-0.05, 0) is 43.2 Å². The number of phenolic OH excluding ortho intramolecular Hbond substituents is 1. The molecule has 0 aliphatic carbocycles. The monoisotopic (exact) mass is 362 g/mol. The van der Waals surface area contributed by atoms with Gasteiger partial charge in [-0.15, -0.1) is 0 Å². The quantitative estimate of drug-likeness (QED) is 0.739. The van der Waals surface area contributed by atoms with Gasteiger partial charge >= 0.3 is 0 Å². The lowest BCUT2D eigenvalue weighted by atomic mass is 10.1. The highest BCUT2D eigenvalue weighted by atomic mass is 32.2. The van der Waals surface area contributed by atoms with E-state index in [9.17, 15) is 13.5 Å². The van der Waals surface area contributed by atoms with E-state index in [0.717, 1.165) is 12.0 Å². The molecule has 1 atom stereocenters. The average molecular weight is 362 g/mol. The highest BCUT2D eigenvalue weighted by Gasteiger charge is 2.09. The van der Waals surface area contributed by atoms with E-state index in [1.807, 2.05) is 13.8 Å². The van der Waals surface area contributed by atoms with E-state index >= 15 is 0 Å². The minimum absolute atomic E-state index is 0.0627. The molecule has 2 aromatic carbocycles. The lowest BCUT2D eigenvalue weighted by Gasteiger charge is -2.09. The van der Waals surface area contributed by atoms with E-state index in [4.69, 9.17) is 9.88 Å². The molecule has 3 N–H and O–H groups in total. The van der Waals surface area contributed by atoms with Crippen molar-refractivity contribution in [3.63, 3.8) is 0 Å². The van der Waals surface area contributed by atoms with Gasteiger partial charge in [-0.25, -0.2) is 13.6 Å². The van der Waals surface area contributed by atoms with E-state index in [-0.39, 0.29) is 16.7 Å². The van der Waals surface area contributed by atoms with Crippen molar-refractivity contribution in [2.75, 3.05) is 6.61 Å². The van der Waals surface area contributed by atoms with Crippen LogP contribution in [0.1, 0.15) is 37.4 Å². The molecule has 0 amide bonds. The number of rotatable bonds is 7. The van der Waals surface area contributed by atoms with Crippen LogP contribution < -0.4 is 9.88 Å². The molecule has 134 valence electrons. The molecule has 0 radical (unpaired) electrons. The lowest BCUT2D eigenvalue weighted by molar-refractivity contribution is 0.315. The fraction of sp³-hybridized carbons (Fsp3) is 0.278. The van der Waals surface area contributed by atoms with Crippen molar-refractivity contribution in [1.29, 1.82) is 0 Å². The maximum absolute atomic E-state index is 11.3. The molecule has 0 heterocycles. The van der Waals surface area contributed by atoms with Crippen LogP contribution in [-0.4, -0.2) is 26.3 Å². The molecule has 0 aliphatic rings. The Bertz CT molecular complexity index is 846. The fourth-order valence-corrected chi connectivity index (χ4v) is 2.67. The van der Waals surface area contributed by atoms with Crippen LogP contribution in [0.15, 0.2) is 52.4 Å². The Balaban J connectivity index is 2.10. The van der Waals surface area contributed by atoms with Gasteiger partial charge in [0, 0.05) is 17.8 Å². The molecule has 0 aromatic heterocycles. The molecular formula is C18H22N2O4S. The van der Waals surface area contributed by atoms with Gasteiger partial charge in [-0.3, -0.25) is 4.99 Å². The third-order valence-electron chi connectivity index (χ3n) is 3.60. The number of ether oxygens (including phenoxy) is 1. The van der Waals surface area contributed by atoms with Crippen molar-refractivity contribution in [1.82, 2.24) is 0 Å². The van der Waals surface area contributed by atoms with Crippen LogP contribution in [-0.2, 0) is 10.0 Å². The number of nitrogens with zero attached hydrogens (tertiary/aromatic N) is 1. The minimum atomic E-state index is -3.70. The molecular weight excluding hydrogens is 340 g/mol. The SMILES string of the molecule is CCCOc1ccc(C=N[C@H](C)c2ccc(S(N)(=O)=O)cc2)c(O)c1. The maximum atomic E-state index is 11.3. The van der Waals surface area contributed by atoms with Crippen molar-refractivity contribution in [3.05, 3.63) is 53.6 Å². The summed E-state index contributed by atoms with van der Waals surface area (Å²) in [7, 11) is -3.70. The molecule has 0 saturated carbocycles. The first-order chi connectivity index (χ1) is 11.8. The largest absolute Gasteiger partial charge is 0.507 e. The van der Waals surface area contributed by atoms with Gasteiger partial charge in [-0.2, -0.15) is 0 Å². The molecule has 2 aromatic rings. The number of benzene rings is 2. The summed E-state index contributed by atoms with van der Waals surface area (Å²) < 4.78 is 28.0. The highest BCUT2D eigenvalue weighted by molar-refractivity contribution is 7.89. The summed E-state index contributed by atoms with van der Waals surface area (Å²) in [5.74, 6) is 0.706. The van der Waals surface area contributed by atoms with Crippen LogP contribution >= 0.6 is 0 Å². The normalized spacial score (nSPS) is 13.1. The van der Waals surface area contributed by atoms with Gasteiger partial charge in [-0.1, -0.05) is 19.1 Å². The average Bonchev–Trinajstić information content (AvgIpc) is 2.58. The second-order valence-electron chi connectivity index (χ2n) is 5.64. The van der Waals surface area contributed by atoms with Crippen molar-refractivity contribution in [2.45, 2.75) is 31.2 Å². The van der Waals surface area contributed by atoms with E-state index in [1.54, 1.807) is 36.5 Å². The number of hydrogen-bond acceptors (Lipinski definition) is 5. The number of sulfonamides is 1. The Kier molecular flexibility index (Phi) is 6.17. The summed E-state index contributed by atoms with van der Waals surface area (Å²) in [6, 6.07) is 11.1. The second-order valence-corrected chi connectivity index (χ2v) is 7.20. The molecule has 0 bridgehead atoms. The Morgan fingerprint density at radius 2 is 1.92 bits per heavy atom. The predicted molar refractivity (Wildman–Crippen MR) is 97.7 cm³/mol. The second kappa shape index (κ2) is 8.13. The van der Waals surface area contributed by atoms with Crippen LogP contribution in [0.4, 0.5) is 0 Å². The molecule has 6 nitrogen and oxygen atoms in total. The summed E-state index contributed by atoms with van der Waals surface area (Å²) in [6.45, 7) is 4.48. The molecule has 0 saturated heterocycles. The van der Waals surface area contributed by atoms with Crippen molar-refractivity contribution >= 4 is 16.2 Å². The third kappa shape index (κ3) is 5.30. The highest BCUT2D eigenvalue weighted by Crippen LogP contribution is 2.24. The Morgan fingerprint density at radius 3 is 2.48 bits per heavy atom. The van der Waals surface area contributed by atoms with Crippen LogP contribution in [0.3, 0.4) is 0 Å². The Morgan fingerprint density at radius 1 is 1.24 bits per heavy atom. The number of phenols is 1. The molecule has 0 aliphatic heterocycles. The smallest absolute Gasteiger partial charge is 0.238 e. The topological polar surface area (TPSA) is 102 Å². The maximum Gasteiger partial charge on any atom is 0.238 e. The predicted octanol–water partition coefficient (Wildman–Crippen LogP) is 3.01. The van der Waals surface area contributed by atoms with Crippen LogP contribution in [0.2, 0.25) is 0 Å². The lowest BCUT2D eigenvalue weighted by Crippen LogP contribution is -2.12. The molecule has 2 rings (SSSR count). The van der Waals surface area contributed by atoms with Crippen LogP contribution in [0.25, 0.3) is 0 Å². The van der Waals surface area contributed by atoms with Crippen molar-refractivity contribution < 1.29 is 18.3 Å². The molecule has 0 spiro atoms. The summed E-state index contributed by atoms with van der Waals surface area (Å²) in [4.78, 5) is 4.47. The molecule has 7 heteroatoms. The van der Waals surface area contributed by atoms with Crippen LogP contribution in [0, 0.1) is 0 Å². The van der Waals surface area contributed by atoms with E-state index in [0.29, 0.717) is 17.9 Å². The standard InChI is InChI=1S/C18H22N2O4S/c1-3-10-24-16-7-4-15(18(21)11-16)12-20-13(2)14-5-8-17(9-6-14)25(19,22)23/h4-9,11-13,21H,3,10H2,1-2H3,(H2,19,22,23)/t13-/m1/s1. The molecule has 0 unspecified atom stereocenters. The van der Waals surface area contributed by atoms with Gasteiger partial charge in [0.1, 0.15) is 11.5 Å². The minimum Gasteiger partial charge on any atom is -0.507 e. The number of aromatic hydroxyl groups is 1. The zero-order valence-electron chi connectivity index (χ0n) is 14.2. The van der Waals surface area contributed by atoms with Gasteiger partial charge in [0.15, 0.2) is 0 Å². The zero-order chi connectivity index (χ0) is 18.4. The Hall–Kier alpha value is -2.38. The molecule has 25 heavy (non-hydrogen) atoms. The Labute approximate surface area is 148 Å². The first kappa shape index (κ1) is 19.0. The number of primary sulfonamides is 1. The van der Waals surface area contributed by atoms with Gasteiger partial charge < -0.3 is 9.84 Å². The molecule has 0 fully saturated rings. The van der Waals surface area contributed by atoms with Gasteiger partial charge in [0.05, 0.1) is 17.5 Å². The van der Waals surface area contributed by atoms with Crippen molar-refractivity contribution in [2.24, 2.45) is 10.1 Å². The van der Waals surface area contributed by atoms with Gasteiger partial charge in [0.25, 0.3) is 0 Å². The van der Waals surface area contributed by atoms with Gasteiger partial charge in [0.2, 0.25) is 10.0 Å². The third-order valence-corrected chi connectivity index (χ3v) is 4.53. The number of hydrogen-bond donors (Lipinski definition) is 2.